The Hall–Kier alpha value is -0.370. The molecule has 1 aromatic rings. The fraction of sp³-hybridized carbons (Fsp3) is 0.400. The monoisotopic (exact) mass is 396 g/mol. The molecule has 6 heteroatoms. The minimum absolute atomic E-state index is 0.410. The van der Waals surface area contributed by atoms with Gasteiger partial charge in [0.1, 0.15) is 8.32 Å². The van der Waals surface area contributed by atoms with Crippen molar-refractivity contribution in [1.82, 2.24) is 15.1 Å². The van der Waals surface area contributed by atoms with E-state index in [0.717, 1.165) is 21.4 Å². The molecule has 2 N–H and O–H groups in total. The van der Waals surface area contributed by atoms with E-state index >= 15 is 0 Å². The number of aromatic nitrogens is 2. The van der Waals surface area contributed by atoms with E-state index in [1.165, 1.54) is 0 Å². The maximum absolute atomic E-state index is 7.64. The van der Waals surface area contributed by atoms with Crippen molar-refractivity contribution in [1.29, 1.82) is 5.41 Å². The Morgan fingerprint density at radius 2 is 2.44 bits per heavy atom. The number of halogens is 2. The Bertz CT molecular complexity index is 411. The van der Waals surface area contributed by atoms with Gasteiger partial charge in [0.2, 0.25) is 0 Å². The third-order valence-corrected chi connectivity index (χ3v) is 3.41. The summed E-state index contributed by atoms with van der Waals surface area (Å²) in [7, 11) is 1.90. The Balaban J connectivity index is 2.83. The summed E-state index contributed by atoms with van der Waals surface area (Å²) >= 11 is 5.42. The zero-order valence-electron chi connectivity index (χ0n) is 9.22. The van der Waals surface area contributed by atoms with Crippen LogP contribution in [0, 0.1) is 9.11 Å². The lowest BCUT2D eigenvalue weighted by Crippen LogP contribution is -2.08. The molecule has 0 radical (unpaired) electrons. The maximum Gasteiger partial charge on any atom is 0.126 e. The van der Waals surface area contributed by atoms with Crippen LogP contribution in [-0.4, -0.2) is 20.9 Å². The lowest BCUT2D eigenvalue weighted by molar-refractivity contribution is 0.759. The van der Waals surface area contributed by atoms with E-state index in [-0.39, 0.29) is 0 Å². The second-order valence-electron chi connectivity index (χ2n) is 3.34. The third kappa shape index (κ3) is 3.89. The van der Waals surface area contributed by atoms with Gasteiger partial charge in [0.15, 0.2) is 0 Å². The van der Waals surface area contributed by atoms with Crippen LogP contribution in [0.15, 0.2) is 18.0 Å². The molecule has 0 spiro atoms. The summed E-state index contributed by atoms with van der Waals surface area (Å²) in [6.07, 6.45) is 4.57. The molecule has 0 saturated heterocycles. The normalized spacial score (nSPS) is 11.6. The van der Waals surface area contributed by atoms with E-state index in [2.05, 4.69) is 48.9 Å². The number of nitrogens with zero attached hydrogens (tertiary/aromatic N) is 2. The average Bonchev–Trinajstić information content (AvgIpc) is 2.51. The lowest BCUT2D eigenvalue weighted by Gasteiger charge is -2.04. The maximum atomic E-state index is 7.64. The first-order valence-electron chi connectivity index (χ1n) is 4.89. The van der Waals surface area contributed by atoms with Crippen molar-refractivity contribution in [2.75, 3.05) is 6.54 Å². The van der Waals surface area contributed by atoms with E-state index in [0.29, 0.717) is 11.0 Å². The number of hydrogen-bond acceptors (Lipinski definition) is 3. The minimum Gasteiger partial charge on any atom is -0.391 e. The molecule has 16 heavy (non-hydrogen) atoms. The van der Waals surface area contributed by atoms with Gasteiger partial charge in [0.05, 0.1) is 0 Å². The van der Waals surface area contributed by atoms with E-state index in [9.17, 15) is 0 Å². The fourth-order valence-electron chi connectivity index (χ4n) is 1.25. The van der Waals surface area contributed by atoms with Crippen molar-refractivity contribution in [2.45, 2.75) is 13.3 Å². The molecule has 0 bridgehead atoms. The van der Waals surface area contributed by atoms with Crippen LogP contribution < -0.4 is 5.32 Å². The van der Waals surface area contributed by atoms with Gasteiger partial charge in [-0.15, -0.1) is 0 Å². The largest absolute Gasteiger partial charge is 0.391 e. The molecule has 0 aliphatic heterocycles. The van der Waals surface area contributed by atoms with E-state index in [4.69, 9.17) is 5.41 Å². The van der Waals surface area contributed by atoms with Crippen LogP contribution in [-0.2, 0) is 13.5 Å². The van der Waals surface area contributed by atoms with Gasteiger partial charge in [-0.05, 0) is 45.4 Å². The van der Waals surface area contributed by atoms with Gasteiger partial charge in [0.25, 0.3) is 0 Å². The van der Waals surface area contributed by atoms with Gasteiger partial charge in [-0.2, -0.15) is 5.10 Å². The molecule has 4 nitrogen and oxygen atoms in total. The van der Waals surface area contributed by atoms with Crippen LogP contribution in [0.5, 0.6) is 0 Å². The topological polar surface area (TPSA) is 53.7 Å². The Kier molecular flexibility index (Phi) is 5.47. The second kappa shape index (κ2) is 6.39. The van der Waals surface area contributed by atoms with Crippen LogP contribution in [0.25, 0.3) is 0 Å². The predicted octanol–water partition coefficient (Wildman–Crippen LogP) is 2.43. The van der Waals surface area contributed by atoms with Crippen LogP contribution in [0.4, 0.5) is 0 Å². The number of allylic oxidation sites excluding steroid dienone is 1. The number of hydrogen-bond donors (Lipinski definition) is 2. The van der Waals surface area contributed by atoms with Gasteiger partial charge in [-0.25, -0.2) is 0 Å². The first kappa shape index (κ1) is 13.7. The SMILES string of the molecule is CCN/C=C(/Cc1cn(C)nc1I)C(=N)Br. The molecule has 0 amide bonds. The second-order valence-corrected chi connectivity index (χ2v) is 5.15. The first-order chi connectivity index (χ1) is 7.54. The average molecular weight is 397 g/mol. The standard InChI is InChI=1S/C10H14BrIN4/c1-3-14-5-7(9(11)13)4-8-6-16(2)15-10(8)12/h5-6,13-14H,3-4H2,1-2H3/b7-5-,13-9?. The van der Waals surface area contributed by atoms with Gasteiger partial charge in [-0.1, -0.05) is 0 Å². The van der Waals surface area contributed by atoms with E-state index in [1.54, 1.807) is 4.68 Å². The fourth-order valence-corrected chi connectivity index (χ4v) is 2.18. The van der Waals surface area contributed by atoms with Crippen LogP contribution >= 0.6 is 38.5 Å². The zero-order chi connectivity index (χ0) is 12.1. The molecule has 0 unspecified atom stereocenters. The first-order valence-corrected chi connectivity index (χ1v) is 6.76. The highest BCUT2D eigenvalue weighted by molar-refractivity contribution is 14.1. The molecule has 0 aromatic carbocycles. The van der Waals surface area contributed by atoms with Gasteiger partial charge in [-0.3, -0.25) is 10.1 Å². The number of nitrogens with one attached hydrogen (secondary N) is 2. The van der Waals surface area contributed by atoms with Crippen molar-refractivity contribution in [3.05, 3.63) is 27.2 Å². The van der Waals surface area contributed by atoms with Gasteiger partial charge < -0.3 is 5.32 Å². The molecular formula is C10H14BrIN4. The Morgan fingerprint density at radius 3 is 2.88 bits per heavy atom. The molecule has 1 aromatic heterocycles. The van der Waals surface area contributed by atoms with Crippen molar-refractivity contribution in [3.63, 3.8) is 0 Å². The predicted molar refractivity (Wildman–Crippen MR) is 78.0 cm³/mol. The Labute approximate surface area is 117 Å². The summed E-state index contributed by atoms with van der Waals surface area (Å²) in [5.41, 5.74) is 2.06. The quantitative estimate of drug-likeness (QED) is 0.593. The highest BCUT2D eigenvalue weighted by Crippen LogP contribution is 2.16. The Morgan fingerprint density at radius 1 is 1.75 bits per heavy atom. The third-order valence-electron chi connectivity index (χ3n) is 2.00. The molecule has 1 rings (SSSR count). The smallest absolute Gasteiger partial charge is 0.126 e. The van der Waals surface area contributed by atoms with Gasteiger partial charge >= 0.3 is 0 Å². The summed E-state index contributed by atoms with van der Waals surface area (Å²) in [6, 6.07) is 0. The van der Waals surface area contributed by atoms with Crippen molar-refractivity contribution < 1.29 is 0 Å². The van der Waals surface area contributed by atoms with Crippen LogP contribution in [0.1, 0.15) is 12.5 Å². The molecule has 88 valence electrons. The van der Waals surface area contributed by atoms with Crippen LogP contribution in [0.2, 0.25) is 0 Å². The van der Waals surface area contributed by atoms with Crippen LogP contribution in [0.3, 0.4) is 0 Å². The lowest BCUT2D eigenvalue weighted by atomic mass is 10.1. The minimum atomic E-state index is 0.410. The molecule has 0 aliphatic rings. The van der Waals surface area contributed by atoms with E-state index in [1.807, 2.05) is 26.4 Å². The molecule has 0 saturated carbocycles. The van der Waals surface area contributed by atoms with Crippen molar-refractivity contribution >= 4 is 43.1 Å². The highest BCUT2D eigenvalue weighted by atomic mass is 127. The zero-order valence-corrected chi connectivity index (χ0v) is 13.0. The van der Waals surface area contributed by atoms with Gasteiger partial charge in [0, 0.05) is 43.5 Å². The summed E-state index contributed by atoms with van der Waals surface area (Å²) in [5.74, 6) is 0. The molecule has 0 fully saturated rings. The van der Waals surface area contributed by atoms with E-state index < -0.39 is 0 Å². The summed E-state index contributed by atoms with van der Waals surface area (Å²) in [6.45, 7) is 2.88. The van der Waals surface area contributed by atoms with Crippen molar-refractivity contribution in [3.8, 4) is 0 Å². The molecular weight excluding hydrogens is 383 g/mol. The summed E-state index contributed by atoms with van der Waals surface area (Å²) < 4.78 is 3.18. The van der Waals surface area contributed by atoms with Crippen molar-refractivity contribution in [2.24, 2.45) is 7.05 Å². The number of aryl methyl sites for hydroxylation is 1. The molecule has 0 atom stereocenters. The number of rotatable bonds is 5. The molecule has 0 aliphatic carbocycles. The summed E-state index contributed by atoms with van der Waals surface area (Å²) in [5, 5.41) is 15.0. The highest BCUT2D eigenvalue weighted by Gasteiger charge is 2.09. The summed E-state index contributed by atoms with van der Waals surface area (Å²) in [4.78, 5) is 0. The molecule has 1 heterocycles.